The Morgan fingerprint density at radius 1 is 1.10 bits per heavy atom. The second-order valence-electron chi connectivity index (χ2n) is 5.23. The van der Waals surface area contributed by atoms with Crippen molar-refractivity contribution in [1.29, 1.82) is 0 Å². The van der Waals surface area contributed by atoms with E-state index in [1.54, 1.807) is 0 Å². The first-order valence-electron chi connectivity index (χ1n) is 6.75. The highest BCUT2D eigenvalue weighted by molar-refractivity contribution is 6.30. The van der Waals surface area contributed by atoms with Crippen LogP contribution in [-0.2, 0) is 6.54 Å². The molecule has 0 aliphatic rings. The van der Waals surface area contributed by atoms with E-state index in [-0.39, 0.29) is 6.04 Å². The van der Waals surface area contributed by atoms with Gasteiger partial charge in [-0.2, -0.15) is 0 Å². The molecule has 0 aromatic heterocycles. The molecule has 0 amide bonds. The van der Waals surface area contributed by atoms with Crippen LogP contribution in [0.2, 0.25) is 5.02 Å². The van der Waals surface area contributed by atoms with Crippen molar-refractivity contribution in [2.24, 2.45) is 0 Å². The van der Waals surface area contributed by atoms with E-state index in [4.69, 9.17) is 11.6 Å². The van der Waals surface area contributed by atoms with E-state index in [0.29, 0.717) is 5.75 Å². The number of nitrogens with one attached hydrogen (secondary N) is 1. The van der Waals surface area contributed by atoms with E-state index in [2.05, 4.69) is 12.2 Å². The van der Waals surface area contributed by atoms with Gasteiger partial charge in [0.25, 0.3) is 0 Å². The van der Waals surface area contributed by atoms with Crippen molar-refractivity contribution in [2.75, 3.05) is 0 Å². The van der Waals surface area contributed by atoms with Crippen molar-refractivity contribution in [1.82, 2.24) is 5.32 Å². The number of halogens is 1. The fourth-order valence-corrected chi connectivity index (χ4v) is 2.41. The van der Waals surface area contributed by atoms with Crippen LogP contribution in [0.1, 0.15) is 35.2 Å². The fourth-order valence-electron chi connectivity index (χ4n) is 2.29. The van der Waals surface area contributed by atoms with Crippen LogP contribution in [0.25, 0.3) is 0 Å². The molecular formula is C17H20ClNO. The Morgan fingerprint density at radius 3 is 2.20 bits per heavy atom. The van der Waals surface area contributed by atoms with Crippen molar-refractivity contribution in [3.8, 4) is 5.75 Å². The zero-order valence-electron chi connectivity index (χ0n) is 12.1. The summed E-state index contributed by atoms with van der Waals surface area (Å²) < 4.78 is 0. The first kappa shape index (κ1) is 14.9. The zero-order chi connectivity index (χ0) is 14.7. The van der Waals surface area contributed by atoms with Crippen molar-refractivity contribution >= 4 is 11.6 Å². The smallest absolute Gasteiger partial charge is 0.121 e. The van der Waals surface area contributed by atoms with Gasteiger partial charge in [-0.3, -0.25) is 0 Å². The summed E-state index contributed by atoms with van der Waals surface area (Å²) in [5, 5.41) is 14.0. The number of hydrogen-bond acceptors (Lipinski definition) is 2. The molecular weight excluding hydrogens is 270 g/mol. The second-order valence-corrected chi connectivity index (χ2v) is 5.67. The molecule has 0 saturated heterocycles. The maximum atomic E-state index is 9.78. The lowest BCUT2D eigenvalue weighted by molar-refractivity contribution is 0.466. The van der Waals surface area contributed by atoms with Gasteiger partial charge in [-0.05, 0) is 55.2 Å². The highest BCUT2D eigenvalue weighted by atomic mass is 35.5. The van der Waals surface area contributed by atoms with Crippen molar-refractivity contribution in [3.63, 3.8) is 0 Å². The van der Waals surface area contributed by atoms with Gasteiger partial charge in [-0.25, -0.2) is 0 Å². The fraction of sp³-hybridized carbons (Fsp3) is 0.294. The largest absolute Gasteiger partial charge is 0.507 e. The molecule has 0 bridgehead atoms. The number of phenols is 1. The summed E-state index contributed by atoms with van der Waals surface area (Å²) >= 11 is 5.89. The molecule has 0 radical (unpaired) electrons. The van der Waals surface area contributed by atoms with Gasteiger partial charge in [0.1, 0.15) is 5.75 Å². The maximum Gasteiger partial charge on any atom is 0.121 e. The van der Waals surface area contributed by atoms with Gasteiger partial charge in [0.05, 0.1) is 0 Å². The molecule has 2 N–H and O–H groups in total. The normalized spacial score (nSPS) is 12.4. The standard InChI is InChI=1S/C17H20ClNO/c1-11-8-14(9-12(2)17(11)20)10-19-13(3)15-4-6-16(18)7-5-15/h4-9,13,19-20H,10H2,1-3H3/t13-/m0/s1. The number of aryl methyl sites for hydroxylation is 2. The quantitative estimate of drug-likeness (QED) is 0.868. The molecule has 0 fully saturated rings. The van der Waals surface area contributed by atoms with Crippen molar-refractivity contribution < 1.29 is 5.11 Å². The molecule has 2 aromatic carbocycles. The Hall–Kier alpha value is -1.51. The third-order valence-electron chi connectivity index (χ3n) is 3.53. The third kappa shape index (κ3) is 3.53. The molecule has 2 rings (SSSR count). The molecule has 106 valence electrons. The van der Waals surface area contributed by atoms with Crippen LogP contribution < -0.4 is 5.32 Å². The lowest BCUT2D eigenvalue weighted by Crippen LogP contribution is -2.18. The summed E-state index contributed by atoms with van der Waals surface area (Å²) in [6, 6.07) is 12.2. The van der Waals surface area contributed by atoms with Gasteiger partial charge in [0.15, 0.2) is 0 Å². The van der Waals surface area contributed by atoms with Gasteiger partial charge in [0.2, 0.25) is 0 Å². The van der Waals surface area contributed by atoms with Gasteiger partial charge in [0, 0.05) is 17.6 Å². The molecule has 20 heavy (non-hydrogen) atoms. The number of phenolic OH excluding ortho intramolecular Hbond substituents is 1. The number of benzene rings is 2. The predicted molar refractivity (Wildman–Crippen MR) is 84.3 cm³/mol. The first-order valence-corrected chi connectivity index (χ1v) is 7.13. The van der Waals surface area contributed by atoms with Gasteiger partial charge < -0.3 is 10.4 Å². The minimum atomic E-state index is 0.252. The van der Waals surface area contributed by atoms with E-state index in [9.17, 15) is 5.11 Å². The van der Waals surface area contributed by atoms with E-state index in [1.807, 2.05) is 50.2 Å². The summed E-state index contributed by atoms with van der Waals surface area (Å²) in [5.74, 6) is 0.388. The monoisotopic (exact) mass is 289 g/mol. The second kappa shape index (κ2) is 6.29. The molecule has 0 aliphatic carbocycles. The highest BCUT2D eigenvalue weighted by Crippen LogP contribution is 2.23. The SMILES string of the molecule is Cc1cc(CN[C@@H](C)c2ccc(Cl)cc2)cc(C)c1O. The number of rotatable bonds is 4. The summed E-state index contributed by atoms with van der Waals surface area (Å²) in [7, 11) is 0. The highest BCUT2D eigenvalue weighted by Gasteiger charge is 2.07. The summed E-state index contributed by atoms with van der Waals surface area (Å²) in [6.45, 7) is 6.75. The molecule has 0 aliphatic heterocycles. The minimum Gasteiger partial charge on any atom is -0.507 e. The van der Waals surface area contributed by atoms with E-state index in [1.165, 1.54) is 11.1 Å². The first-order chi connectivity index (χ1) is 9.47. The van der Waals surface area contributed by atoms with E-state index < -0.39 is 0 Å². The lowest BCUT2D eigenvalue weighted by atomic mass is 10.0. The molecule has 0 unspecified atom stereocenters. The van der Waals surface area contributed by atoms with E-state index in [0.717, 1.165) is 22.7 Å². The number of hydrogen-bond donors (Lipinski definition) is 2. The van der Waals surface area contributed by atoms with Crippen molar-refractivity contribution in [2.45, 2.75) is 33.4 Å². The van der Waals surface area contributed by atoms with E-state index >= 15 is 0 Å². The predicted octanol–water partition coefficient (Wildman–Crippen LogP) is 4.51. The maximum absolute atomic E-state index is 9.78. The Balaban J connectivity index is 2.03. The summed E-state index contributed by atoms with van der Waals surface area (Å²) in [4.78, 5) is 0. The molecule has 0 saturated carbocycles. The molecule has 2 nitrogen and oxygen atoms in total. The third-order valence-corrected chi connectivity index (χ3v) is 3.79. The lowest BCUT2D eigenvalue weighted by Gasteiger charge is -2.15. The number of aromatic hydroxyl groups is 1. The van der Waals surface area contributed by atoms with Crippen LogP contribution in [-0.4, -0.2) is 5.11 Å². The Morgan fingerprint density at radius 2 is 1.65 bits per heavy atom. The molecule has 0 spiro atoms. The summed E-state index contributed by atoms with van der Waals surface area (Å²) in [6.07, 6.45) is 0. The zero-order valence-corrected chi connectivity index (χ0v) is 12.8. The van der Waals surface area contributed by atoms with Crippen LogP contribution in [0.5, 0.6) is 5.75 Å². The Kier molecular flexibility index (Phi) is 4.69. The van der Waals surface area contributed by atoms with Gasteiger partial charge in [-0.15, -0.1) is 0 Å². The van der Waals surface area contributed by atoms with Crippen LogP contribution in [0, 0.1) is 13.8 Å². The topological polar surface area (TPSA) is 32.3 Å². The van der Waals surface area contributed by atoms with Crippen LogP contribution >= 0.6 is 11.6 Å². The Labute approximate surface area is 125 Å². The van der Waals surface area contributed by atoms with Crippen LogP contribution in [0.4, 0.5) is 0 Å². The molecule has 2 aromatic rings. The average molecular weight is 290 g/mol. The van der Waals surface area contributed by atoms with Gasteiger partial charge >= 0.3 is 0 Å². The molecule has 1 atom stereocenters. The minimum absolute atomic E-state index is 0.252. The summed E-state index contributed by atoms with van der Waals surface area (Å²) in [5.41, 5.74) is 4.22. The molecule has 3 heteroatoms. The van der Waals surface area contributed by atoms with Gasteiger partial charge in [-0.1, -0.05) is 35.9 Å². The average Bonchev–Trinajstić information content (AvgIpc) is 2.42. The van der Waals surface area contributed by atoms with Crippen LogP contribution in [0.3, 0.4) is 0 Å². The molecule has 0 heterocycles. The van der Waals surface area contributed by atoms with Crippen molar-refractivity contribution in [3.05, 3.63) is 63.7 Å². The van der Waals surface area contributed by atoms with Crippen LogP contribution in [0.15, 0.2) is 36.4 Å². The Bertz CT molecular complexity index is 569.